The van der Waals surface area contributed by atoms with E-state index in [-0.39, 0.29) is 0 Å². The molecule has 1 aliphatic heterocycles. The van der Waals surface area contributed by atoms with Gasteiger partial charge in [0.2, 0.25) is 0 Å². The molecule has 1 aromatic carbocycles. The zero-order valence-electron chi connectivity index (χ0n) is 12.3. The molecular weight excluding hydrogens is 288 g/mol. The van der Waals surface area contributed by atoms with Crippen molar-refractivity contribution in [3.8, 4) is 5.75 Å². The maximum atomic E-state index is 5.94. The lowest BCUT2D eigenvalue weighted by atomic mass is 10.0. The number of hydrogen-bond donors (Lipinski definition) is 0. The van der Waals surface area contributed by atoms with E-state index < -0.39 is 0 Å². The Morgan fingerprint density at radius 2 is 2.19 bits per heavy atom. The molecule has 1 saturated heterocycles. The first kappa shape index (κ1) is 14.7. The highest BCUT2D eigenvalue weighted by Gasteiger charge is 2.18. The molecule has 1 fully saturated rings. The van der Waals surface area contributed by atoms with Crippen molar-refractivity contribution in [2.45, 2.75) is 25.8 Å². The van der Waals surface area contributed by atoms with Crippen molar-refractivity contribution in [1.82, 2.24) is 9.55 Å². The van der Waals surface area contributed by atoms with Crippen LogP contribution < -0.4 is 4.74 Å². The predicted octanol–water partition coefficient (Wildman–Crippen LogP) is 3.25. The Balaban J connectivity index is 1.94. The SMILES string of the molecule is COc1ccc2c(c1)nc(CCCl)n2CC1CCOCC1. The van der Waals surface area contributed by atoms with Gasteiger partial charge in [0, 0.05) is 38.1 Å². The number of benzene rings is 1. The van der Waals surface area contributed by atoms with Crippen LogP contribution in [-0.4, -0.2) is 35.8 Å². The van der Waals surface area contributed by atoms with Crippen molar-refractivity contribution in [3.63, 3.8) is 0 Å². The number of rotatable bonds is 5. The van der Waals surface area contributed by atoms with Crippen LogP contribution in [0, 0.1) is 5.92 Å². The second kappa shape index (κ2) is 6.67. The quantitative estimate of drug-likeness (QED) is 0.796. The fourth-order valence-electron chi connectivity index (χ4n) is 2.95. The van der Waals surface area contributed by atoms with Crippen LogP contribution in [0.5, 0.6) is 5.75 Å². The minimum Gasteiger partial charge on any atom is -0.497 e. The van der Waals surface area contributed by atoms with Crippen LogP contribution in [0.3, 0.4) is 0 Å². The molecule has 5 heteroatoms. The summed E-state index contributed by atoms with van der Waals surface area (Å²) in [5, 5.41) is 0. The van der Waals surface area contributed by atoms with E-state index in [4.69, 9.17) is 26.1 Å². The Bertz CT molecular complexity index is 606. The van der Waals surface area contributed by atoms with Gasteiger partial charge in [-0.25, -0.2) is 4.98 Å². The van der Waals surface area contributed by atoms with E-state index in [2.05, 4.69) is 10.6 Å². The molecule has 1 aliphatic rings. The van der Waals surface area contributed by atoms with Crippen molar-refractivity contribution < 1.29 is 9.47 Å². The molecule has 0 amide bonds. The molecule has 0 atom stereocenters. The number of nitrogens with zero attached hydrogens (tertiary/aromatic N) is 2. The van der Waals surface area contributed by atoms with E-state index in [1.807, 2.05) is 12.1 Å². The molecule has 2 aromatic rings. The molecular formula is C16H21ClN2O2. The van der Waals surface area contributed by atoms with Gasteiger partial charge in [-0.05, 0) is 30.9 Å². The minimum absolute atomic E-state index is 0.592. The fraction of sp³-hybridized carbons (Fsp3) is 0.562. The Labute approximate surface area is 130 Å². The van der Waals surface area contributed by atoms with E-state index in [0.29, 0.717) is 11.8 Å². The van der Waals surface area contributed by atoms with Gasteiger partial charge in [0.1, 0.15) is 11.6 Å². The molecule has 0 aliphatic carbocycles. The molecule has 1 aromatic heterocycles. The van der Waals surface area contributed by atoms with Crippen molar-refractivity contribution in [3.05, 3.63) is 24.0 Å². The highest BCUT2D eigenvalue weighted by Crippen LogP contribution is 2.25. The minimum atomic E-state index is 0.592. The smallest absolute Gasteiger partial charge is 0.121 e. The summed E-state index contributed by atoms with van der Waals surface area (Å²) in [6, 6.07) is 6.08. The lowest BCUT2D eigenvalue weighted by Gasteiger charge is -2.23. The zero-order valence-corrected chi connectivity index (χ0v) is 13.1. The second-order valence-electron chi connectivity index (χ2n) is 5.49. The van der Waals surface area contributed by atoms with E-state index in [0.717, 1.165) is 56.1 Å². The third-order valence-electron chi connectivity index (χ3n) is 4.13. The summed E-state index contributed by atoms with van der Waals surface area (Å²) in [4.78, 5) is 4.74. The van der Waals surface area contributed by atoms with E-state index in [1.54, 1.807) is 7.11 Å². The summed E-state index contributed by atoms with van der Waals surface area (Å²) >= 11 is 5.94. The lowest BCUT2D eigenvalue weighted by molar-refractivity contribution is 0.0613. The van der Waals surface area contributed by atoms with Gasteiger partial charge in [-0.2, -0.15) is 0 Å². The number of methoxy groups -OCH3 is 1. The third-order valence-corrected chi connectivity index (χ3v) is 4.32. The Morgan fingerprint density at radius 1 is 1.38 bits per heavy atom. The van der Waals surface area contributed by atoms with Gasteiger partial charge < -0.3 is 14.0 Å². The molecule has 4 nitrogen and oxygen atoms in total. The molecule has 0 bridgehead atoms. The Kier molecular flexibility index (Phi) is 4.66. The average molecular weight is 309 g/mol. The van der Waals surface area contributed by atoms with E-state index in [1.165, 1.54) is 5.52 Å². The molecule has 0 saturated carbocycles. The normalized spacial score (nSPS) is 16.5. The molecule has 0 unspecified atom stereocenters. The number of imidazole rings is 1. The predicted molar refractivity (Wildman–Crippen MR) is 84.3 cm³/mol. The maximum Gasteiger partial charge on any atom is 0.121 e. The molecule has 114 valence electrons. The van der Waals surface area contributed by atoms with Gasteiger partial charge in [0.05, 0.1) is 18.1 Å². The largest absolute Gasteiger partial charge is 0.497 e. The van der Waals surface area contributed by atoms with Gasteiger partial charge in [0.15, 0.2) is 0 Å². The number of hydrogen-bond acceptors (Lipinski definition) is 3. The first-order valence-corrected chi connectivity index (χ1v) is 8.02. The molecule has 3 rings (SSSR count). The van der Waals surface area contributed by atoms with Crippen LogP contribution in [0.2, 0.25) is 0 Å². The highest BCUT2D eigenvalue weighted by molar-refractivity contribution is 6.17. The first-order valence-electron chi connectivity index (χ1n) is 7.48. The van der Waals surface area contributed by atoms with Crippen LogP contribution in [0.1, 0.15) is 18.7 Å². The summed E-state index contributed by atoms with van der Waals surface area (Å²) in [5.74, 6) is 3.16. The summed E-state index contributed by atoms with van der Waals surface area (Å²) < 4.78 is 13.1. The maximum absolute atomic E-state index is 5.94. The van der Waals surface area contributed by atoms with E-state index >= 15 is 0 Å². The first-order chi connectivity index (χ1) is 10.3. The summed E-state index contributed by atoms with van der Waals surface area (Å²) in [6.45, 7) is 2.74. The van der Waals surface area contributed by atoms with Crippen molar-refractivity contribution in [2.24, 2.45) is 5.92 Å². The summed E-state index contributed by atoms with van der Waals surface area (Å²) in [6.07, 6.45) is 3.04. The average Bonchev–Trinajstić information content (AvgIpc) is 2.85. The zero-order chi connectivity index (χ0) is 14.7. The monoisotopic (exact) mass is 308 g/mol. The third kappa shape index (κ3) is 3.16. The Morgan fingerprint density at radius 3 is 2.90 bits per heavy atom. The standard InChI is InChI=1S/C16H21ClN2O2/c1-20-13-2-3-15-14(10-13)18-16(4-7-17)19(15)11-12-5-8-21-9-6-12/h2-3,10,12H,4-9,11H2,1H3. The van der Waals surface area contributed by atoms with Crippen LogP contribution in [0.4, 0.5) is 0 Å². The summed E-state index contributed by atoms with van der Waals surface area (Å²) in [7, 11) is 1.68. The fourth-order valence-corrected chi connectivity index (χ4v) is 3.12. The number of halogens is 1. The number of aromatic nitrogens is 2. The lowest BCUT2D eigenvalue weighted by Crippen LogP contribution is -2.21. The van der Waals surface area contributed by atoms with Crippen molar-refractivity contribution in [2.75, 3.05) is 26.2 Å². The van der Waals surface area contributed by atoms with Crippen molar-refractivity contribution in [1.29, 1.82) is 0 Å². The van der Waals surface area contributed by atoms with Crippen LogP contribution in [0.15, 0.2) is 18.2 Å². The second-order valence-corrected chi connectivity index (χ2v) is 5.87. The van der Waals surface area contributed by atoms with Crippen LogP contribution >= 0.6 is 11.6 Å². The molecule has 0 radical (unpaired) electrons. The van der Waals surface area contributed by atoms with Gasteiger partial charge in [-0.1, -0.05) is 0 Å². The van der Waals surface area contributed by atoms with Crippen molar-refractivity contribution >= 4 is 22.6 Å². The molecule has 2 heterocycles. The van der Waals surface area contributed by atoms with Crippen LogP contribution in [-0.2, 0) is 17.7 Å². The van der Waals surface area contributed by atoms with Gasteiger partial charge in [0.25, 0.3) is 0 Å². The topological polar surface area (TPSA) is 36.3 Å². The number of aryl methyl sites for hydroxylation is 1. The molecule has 21 heavy (non-hydrogen) atoms. The number of ether oxygens (including phenoxy) is 2. The number of alkyl halides is 1. The molecule has 0 spiro atoms. The van der Waals surface area contributed by atoms with Gasteiger partial charge in [-0.15, -0.1) is 11.6 Å². The molecule has 0 N–H and O–H groups in total. The highest BCUT2D eigenvalue weighted by atomic mass is 35.5. The van der Waals surface area contributed by atoms with E-state index in [9.17, 15) is 0 Å². The number of fused-ring (bicyclic) bond motifs is 1. The van der Waals surface area contributed by atoms with Gasteiger partial charge >= 0.3 is 0 Å². The van der Waals surface area contributed by atoms with Crippen LogP contribution in [0.25, 0.3) is 11.0 Å². The van der Waals surface area contributed by atoms with Gasteiger partial charge in [-0.3, -0.25) is 0 Å². The Hall–Kier alpha value is -1.26. The summed E-state index contributed by atoms with van der Waals surface area (Å²) in [5.41, 5.74) is 2.16.